The van der Waals surface area contributed by atoms with Crippen LogP contribution in [0.15, 0.2) is 41.5 Å². The van der Waals surface area contributed by atoms with E-state index in [1.54, 1.807) is 25.1 Å². The summed E-state index contributed by atoms with van der Waals surface area (Å²) < 4.78 is 28.1. The summed E-state index contributed by atoms with van der Waals surface area (Å²) in [5, 5.41) is 12.3. The first kappa shape index (κ1) is 24.0. The molecule has 4 rings (SSSR count). The maximum absolute atomic E-state index is 10.1. The molecule has 3 aromatic rings. The lowest BCUT2D eigenvalue weighted by Gasteiger charge is -2.20. The summed E-state index contributed by atoms with van der Waals surface area (Å²) >= 11 is 0.954. The van der Waals surface area contributed by atoms with Crippen LogP contribution in [0.4, 0.5) is 0 Å². The average molecular weight is 476 g/mol. The Hall–Kier alpha value is -2.69. The zero-order chi connectivity index (χ0) is 23.3. The minimum atomic E-state index is -0.750. The number of H-pyrrole nitrogens is 1. The molecule has 0 amide bonds. The summed E-state index contributed by atoms with van der Waals surface area (Å²) in [6.07, 6.45) is 2.48. The van der Waals surface area contributed by atoms with Crippen molar-refractivity contribution in [3.05, 3.63) is 47.8 Å². The molecule has 1 aromatic carbocycles. The van der Waals surface area contributed by atoms with Gasteiger partial charge in [-0.3, -0.25) is 4.99 Å². The molecule has 0 bridgehead atoms. The van der Waals surface area contributed by atoms with Gasteiger partial charge in [0.2, 0.25) is 5.88 Å². The maximum atomic E-state index is 10.1. The first-order chi connectivity index (χ1) is 15.2. The number of methoxy groups -OCH3 is 1. The van der Waals surface area contributed by atoms with Gasteiger partial charge in [0.1, 0.15) is 16.5 Å². The fraction of sp³-hybridized carbons (Fsp3) is 0.364. The van der Waals surface area contributed by atoms with Gasteiger partial charge in [-0.15, -0.1) is 0 Å². The second kappa shape index (κ2) is 10.3. The predicted octanol–water partition coefficient (Wildman–Crippen LogP) is 4.03. The van der Waals surface area contributed by atoms with Crippen LogP contribution in [0.2, 0.25) is 0 Å². The van der Waals surface area contributed by atoms with E-state index in [2.05, 4.69) is 21.0 Å². The fourth-order valence-corrected chi connectivity index (χ4v) is 4.73. The molecule has 0 spiro atoms. The molecule has 3 heterocycles. The topological polar surface area (TPSA) is 114 Å². The molecule has 1 unspecified atom stereocenters. The van der Waals surface area contributed by atoms with E-state index in [9.17, 15) is 5.11 Å². The Bertz CT molecular complexity index is 1150. The molecule has 32 heavy (non-hydrogen) atoms. The summed E-state index contributed by atoms with van der Waals surface area (Å²) in [7, 11) is 1.64. The van der Waals surface area contributed by atoms with Crippen molar-refractivity contribution in [3.63, 3.8) is 0 Å². The van der Waals surface area contributed by atoms with Gasteiger partial charge in [-0.2, -0.15) is 8.42 Å². The summed E-state index contributed by atoms with van der Waals surface area (Å²) in [6, 6.07) is 9.69. The molecule has 0 saturated carbocycles. The number of rotatable bonds is 6. The highest BCUT2D eigenvalue weighted by atomic mass is 32.2. The SMILES string of the molecule is COc1cc(Oc2ccc(C)cn2)cc2cc(C3=NCC(CC(C)(C)O)S3)[nH]c12.O=S=O. The lowest BCUT2D eigenvalue weighted by atomic mass is 10.0. The van der Waals surface area contributed by atoms with Crippen LogP contribution in [0.5, 0.6) is 17.4 Å². The predicted molar refractivity (Wildman–Crippen MR) is 127 cm³/mol. The smallest absolute Gasteiger partial charge is 0.335 e. The number of aromatic amines is 1. The van der Waals surface area contributed by atoms with E-state index in [1.807, 2.05) is 45.0 Å². The highest BCUT2D eigenvalue weighted by Crippen LogP contribution is 2.36. The lowest BCUT2D eigenvalue weighted by molar-refractivity contribution is 0.0714. The molecule has 0 fully saturated rings. The number of nitrogens with one attached hydrogen (secondary N) is 1. The number of thioether (sulfide) groups is 1. The first-order valence-corrected chi connectivity index (χ1v) is 11.4. The second-order valence-electron chi connectivity index (χ2n) is 8.02. The van der Waals surface area contributed by atoms with Gasteiger partial charge >= 0.3 is 11.6 Å². The number of aromatic nitrogens is 2. The van der Waals surface area contributed by atoms with Crippen LogP contribution in [0.3, 0.4) is 0 Å². The van der Waals surface area contributed by atoms with Gasteiger partial charge in [0.15, 0.2) is 0 Å². The van der Waals surface area contributed by atoms with Gasteiger partial charge in [-0.1, -0.05) is 17.8 Å². The van der Waals surface area contributed by atoms with Crippen molar-refractivity contribution in [2.75, 3.05) is 13.7 Å². The van der Waals surface area contributed by atoms with E-state index in [0.29, 0.717) is 30.3 Å². The number of aliphatic imine (C=N–C) groups is 1. The minimum absolute atomic E-state index is 0.282. The molecule has 1 atom stereocenters. The highest BCUT2D eigenvalue weighted by molar-refractivity contribution is 8.15. The number of fused-ring (bicyclic) bond motifs is 1. The Morgan fingerprint density at radius 2 is 2.03 bits per heavy atom. The van der Waals surface area contributed by atoms with Crippen LogP contribution >= 0.6 is 11.8 Å². The quantitative estimate of drug-likeness (QED) is 0.553. The molecular formula is C22H25N3O5S2. The van der Waals surface area contributed by atoms with E-state index in [1.165, 1.54) is 0 Å². The molecule has 1 aliphatic heterocycles. The molecular weight excluding hydrogens is 450 g/mol. The fourth-order valence-electron chi connectivity index (χ4n) is 3.38. The molecule has 0 saturated heterocycles. The number of ether oxygens (including phenoxy) is 2. The number of aliphatic hydroxyl groups is 1. The average Bonchev–Trinajstić information content (AvgIpc) is 3.35. The van der Waals surface area contributed by atoms with Crippen molar-refractivity contribution < 1.29 is 23.0 Å². The van der Waals surface area contributed by atoms with E-state index >= 15 is 0 Å². The summed E-state index contributed by atoms with van der Waals surface area (Å²) in [6.45, 7) is 6.38. The number of pyridine rings is 1. The van der Waals surface area contributed by atoms with Crippen LogP contribution in [0.1, 0.15) is 31.5 Å². The van der Waals surface area contributed by atoms with Crippen molar-refractivity contribution in [1.82, 2.24) is 9.97 Å². The van der Waals surface area contributed by atoms with Crippen molar-refractivity contribution >= 4 is 39.3 Å². The van der Waals surface area contributed by atoms with Crippen molar-refractivity contribution in [3.8, 4) is 17.4 Å². The third-order valence-corrected chi connectivity index (χ3v) is 5.89. The van der Waals surface area contributed by atoms with Gasteiger partial charge in [0.25, 0.3) is 0 Å². The normalized spacial score (nSPS) is 15.7. The zero-order valence-electron chi connectivity index (χ0n) is 18.2. The van der Waals surface area contributed by atoms with E-state index < -0.39 is 17.2 Å². The maximum Gasteiger partial charge on any atom is 0.335 e. The number of hydrogen-bond donors (Lipinski definition) is 2. The van der Waals surface area contributed by atoms with E-state index in [4.69, 9.17) is 17.9 Å². The highest BCUT2D eigenvalue weighted by Gasteiger charge is 2.27. The summed E-state index contributed by atoms with van der Waals surface area (Å²) in [4.78, 5) is 12.4. The van der Waals surface area contributed by atoms with Crippen molar-refractivity contribution in [1.29, 1.82) is 0 Å². The molecule has 8 nitrogen and oxygen atoms in total. The van der Waals surface area contributed by atoms with Crippen LogP contribution in [-0.4, -0.2) is 53.0 Å². The summed E-state index contributed by atoms with van der Waals surface area (Å²) in [5.74, 6) is 1.91. The van der Waals surface area contributed by atoms with Crippen LogP contribution in [0.25, 0.3) is 10.9 Å². The number of nitrogens with zero attached hydrogens (tertiary/aromatic N) is 2. The zero-order valence-corrected chi connectivity index (χ0v) is 19.9. The largest absolute Gasteiger partial charge is 0.494 e. The minimum Gasteiger partial charge on any atom is -0.494 e. The summed E-state index contributed by atoms with van der Waals surface area (Å²) in [5.41, 5.74) is 2.24. The van der Waals surface area contributed by atoms with Crippen LogP contribution < -0.4 is 9.47 Å². The molecule has 170 valence electrons. The Kier molecular flexibility index (Phi) is 7.70. The van der Waals surface area contributed by atoms with Crippen molar-refractivity contribution in [2.24, 2.45) is 4.99 Å². The van der Waals surface area contributed by atoms with Gasteiger partial charge in [0, 0.05) is 29.0 Å². The van der Waals surface area contributed by atoms with Crippen LogP contribution in [-0.2, 0) is 11.6 Å². The molecule has 2 N–H and O–H groups in total. The van der Waals surface area contributed by atoms with Crippen molar-refractivity contribution in [2.45, 2.75) is 38.0 Å². The molecule has 10 heteroatoms. The van der Waals surface area contributed by atoms with Crippen LogP contribution in [0, 0.1) is 6.92 Å². The number of hydrogen-bond acceptors (Lipinski definition) is 8. The van der Waals surface area contributed by atoms with E-state index in [0.717, 1.165) is 27.2 Å². The standard InChI is InChI=1S/C22H25N3O3S.O2S/c1-13-5-6-19(23-11-13)28-15-7-14-8-17(25-20(14)18(9-15)27-4)21-24-12-16(29-21)10-22(2,3)26;1-3-2/h5-9,11,16,25-26H,10,12H2,1-4H3;. The molecule has 2 aromatic heterocycles. The third-order valence-electron chi connectivity index (χ3n) is 4.67. The monoisotopic (exact) mass is 475 g/mol. The molecule has 0 aliphatic carbocycles. The number of aryl methyl sites for hydroxylation is 1. The Morgan fingerprint density at radius 1 is 1.28 bits per heavy atom. The van der Waals surface area contributed by atoms with E-state index in [-0.39, 0.29) is 5.25 Å². The Morgan fingerprint density at radius 3 is 2.66 bits per heavy atom. The lowest BCUT2D eigenvalue weighted by Crippen LogP contribution is -2.25. The molecule has 0 radical (unpaired) electrons. The number of benzene rings is 1. The third kappa shape index (κ3) is 6.18. The Labute approximate surface area is 194 Å². The van der Waals surface area contributed by atoms with Gasteiger partial charge < -0.3 is 19.6 Å². The first-order valence-electron chi connectivity index (χ1n) is 9.89. The van der Waals surface area contributed by atoms with Gasteiger partial charge in [-0.05, 0) is 44.9 Å². The molecule has 1 aliphatic rings. The van der Waals surface area contributed by atoms with Gasteiger partial charge in [0.05, 0.1) is 30.5 Å². The van der Waals surface area contributed by atoms with Gasteiger partial charge in [-0.25, -0.2) is 4.98 Å². The Balaban J connectivity index is 0.000000913. The second-order valence-corrected chi connectivity index (χ2v) is 9.44.